The monoisotopic (exact) mass is 370 g/mol. The van der Waals surface area contributed by atoms with E-state index in [2.05, 4.69) is 9.82 Å². The van der Waals surface area contributed by atoms with Crippen molar-refractivity contribution >= 4 is 21.7 Å². The van der Waals surface area contributed by atoms with Gasteiger partial charge in [0.05, 0.1) is 18.1 Å². The van der Waals surface area contributed by atoms with Crippen LogP contribution in [0, 0.1) is 0 Å². The minimum Gasteiger partial charge on any atom is -0.378 e. The Morgan fingerprint density at radius 3 is 2.92 bits per heavy atom. The lowest BCUT2D eigenvalue weighted by Crippen LogP contribution is -2.53. The van der Waals surface area contributed by atoms with Gasteiger partial charge in [-0.25, -0.2) is 17.8 Å². The molecule has 3 rings (SSSR count). The van der Waals surface area contributed by atoms with Gasteiger partial charge in [-0.3, -0.25) is 9.69 Å². The van der Waals surface area contributed by atoms with Crippen LogP contribution in [-0.2, 0) is 26.1 Å². The number of ether oxygens (including phenoxy) is 1. The van der Waals surface area contributed by atoms with Crippen LogP contribution >= 0.6 is 0 Å². The van der Waals surface area contributed by atoms with Crippen LogP contribution in [0.3, 0.4) is 0 Å². The summed E-state index contributed by atoms with van der Waals surface area (Å²) in [5.41, 5.74) is 0. The predicted molar refractivity (Wildman–Crippen MR) is 93.8 cm³/mol. The van der Waals surface area contributed by atoms with E-state index in [0.717, 1.165) is 25.1 Å². The normalized spacial score (nSPS) is 24.8. The maximum atomic E-state index is 12.8. The lowest BCUT2D eigenvalue weighted by Gasteiger charge is -2.32. The molecule has 1 N–H and O–H groups in total. The molecule has 2 aliphatic heterocycles. The average Bonchev–Trinajstić information content (AvgIpc) is 3.26. The van der Waals surface area contributed by atoms with Crippen LogP contribution in [0.15, 0.2) is 12.3 Å². The number of amides is 1. The van der Waals surface area contributed by atoms with Gasteiger partial charge in [0.1, 0.15) is 11.9 Å². The molecule has 0 radical (unpaired) electrons. The molecule has 2 atom stereocenters. The van der Waals surface area contributed by atoms with Crippen LogP contribution < -0.4 is 9.62 Å². The second-order valence-electron chi connectivity index (χ2n) is 6.55. The van der Waals surface area contributed by atoms with Gasteiger partial charge in [0.25, 0.3) is 0 Å². The van der Waals surface area contributed by atoms with E-state index in [-0.39, 0.29) is 17.8 Å². The summed E-state index contributed by atoms with van der Waals surface area (Å²) in [5, 5.41) is 4.19. The van der Waals surface area contributed by atoms with Crippen molar-refractivity contribution in [1.82, 2.24) is 14.5 Å². The van der Waals surface area contributed by atoms with E-state index in [0.29, 0.717) is 32.5 Å². The molecule has 2 aliphatic rings. The third kappa shape index (κ3) is 4.39. The van der Waals surface area contributed by atoms with E-state index < -0.39 is 16.1 Å². The molecule has 1 aromatic heterocycles. The second kappa shape index (κ2) is 7.84. The van der Waals surface area contributed by atoms with Crippen molar-refractivity contribution in [3.8, 4) is 0 Å². The largest absolute Gasteiger partial charge is 0.378 e. The molecule has 0 spiro atoms. The first-order valence-corrected chi connectivity index (χ1v) is 10.6. The molecule has 140 valence electrons. The van der Waals surface area contributed by atoms with Gasteiger partial charge in [0.15, 0.2) is 0 Å². The smallest absolute Gasteiger partial charge is 0.246 e. The van der Waals surface area contributed by atoms with E-state index in [1.165, 1.54) is 0 Å². The summed E-state index contributed by atoms with van der Waals surface area (Å²) >= 11 is 0. The fourth-order valence-corrected chi connectivity index (χ4v) is 4.79. The quantitative estimate of drug-likeness (QED) is 0.769. The molecule has 9 heteroatoms. The molecule has 3 heterocycles. The average molecular weight is 370 g/mol. The standard InChI is InChI=1S/C16H26N4O4S/c1-2-20-15(7-9-17-20)19-10-3-6-14(16(19)21)18-25(22,23)12-8-13-5-4-11-24-13/h7,9,13-14,18H,2-6,8,10-12H2,1H3/t13-,14+/m1/s1. The maximum Gasteiger partial charge on any atom is 0.246 e. The zero-order chi connectivity index (χ0) is 17.9. The van der Waals surface area contributed by atoms with Gasteiger partial charge in [-0.1, -0.05) is 0 Å². The molecule has 0 saturated carbocycles. The Labute approximate surface area is 148 Å². The second-order valence-corrected chi connectivity index (χ2v) is 8.42. The number of hydrogen-bond donors (Lipinski definition) is 1. The number of piperidine rings is 1. The van der Waals surface area contributed by atoms with Crippen LogP contribution in [0.2, 0.25) is 0 Å². The van der Waals surface area contributed by atoms with Crippen molar-refractivity contribution in [2.75, 3.05) is 23.8 Å². The number of rotatable bonds is 7. The lowest BCUT2D eigenvalue weighted by molar-refractivity contribution is -0.121. The third-order valence-electron chi connectivity index (χ3n) is 4.76. The minimum atomic E-state index is -3.51. The fraction of sp³-hybridized carbons (Fsp3) is 0.750. The first kappa shape index (κ1) is 18.3. The molecular weight excluding hydrogens is 344 g/mol. The number of anilines is 1. The Morgan fingerprint density at radius 2 is 2.20 bits per heavy atom. The van der Waals surface area contributed by atoms with Gasteiger partial charge in [-0.15, -0.1) is 0 Å². The highest BCUT2D eigenvalue weighted by atomic mass is 32.2. The summed E-state index contributed by atoms with van der Waals surface area (Å²) in [6, 6.07) is 1.08. The van der Waals surface area contributed by atoms with E-state index in [1.54, 1.807) is 21.8 Å². The maximum absolute atomic E-state index is 12.8. The van der Waals surface area contributed by atoms with Gasteiger partial charge in [0.2, 0.25) is 15.9 Å². The minimum absolute atomic E-state index is 0.00562. The van der Waals surface area contributed by atoms with E-state index in [1.807, 2.05) is 6.92 Å². The van der Waals surface area contributed by atoms with Crippen molar-refractivity contribution in [3.05, 3.63) is 12.3 Å². The summed E-state index contributed by atoms with van der Waals surface area (Å²) in [7, 11) is -3.51. The van der Waals surface area contributed by atoms with E-state index in [9.17, 15) is 13.2 Å². The highest BCUT2D eigenvalue weighted by Crippen LogP contribution is 2.22. The van der Waals surface area contributed by atoms with Crippen molar-refractivity contribution in [2.24, 2.45) is 0 Å². The SMILES string of the molecule is CCn1nccc1N1CCC[C@H](NS(=O)(=O)CC[C@H]2CCCO2)C1=O. The van der Waals surface area contributed by atoms with Gasteiger partial charge in [-0.2, -0.15) is 5.10 Å². The molecule has 8 nitrogen and oxygen atoms in total. The Hall–Kier alpha value is -1.45. The zero-order valence-electron chi connectivity index (χ0n) is 14.6. The molecule has 2 saturated heterocycles. The predicted octanol–water partition coefficient (Wildman–Crippen LogP) is 0.887. The molecule has 1 aromatic rings. The molecular formula is C16H26N4O4S. The first-order chi connectivity index (χ1) is 12.0. The van der Waals surface area contributed by atoms with Crippen LogP contribution in [0.1, 0.15) is 39.0 Å². The lowest BCUT2D eigenvalue weighted by atomic mass is 10.1. The van der Waals surface area contributed by atoms with Crippen molar-refractivity contribution in [3.63, 3.8) is 0 Å². The Morgan fingerprint density at radius 1 is 1.36 bits per heavy atom. The van der Waals surface area contributed by atoms with Crippen LogP contribution in [-0.4, -0.2) is 55.2 Å². The number of aryl methyl sites for hydroxylation is 1. The number of nitrogens with zero attached hydrogens (tertiary/aromatic N) is 3. The molecule has 0 aliphatic carbocycles. The zero-order valence-corrected chi connectivity index (χ0v) is 15.4. The number of carbonyl (C=O) groups excluding carboxylic acids is 1. The van der Waals surface area contributed by atoms with Crippen LogP contribution in [0.5, 0.6) is 0 Å². The van der Waals surface area contributed by atoms with Gasteiger partial charge < -0.3 is 4.74 Å². The van der Waals surface area contributed by atoms with Crippen LogP contribution in [0.25, 0.3) is 0 Å². The molecule has 0 aromatic carbocycles. The third-order valence-corrected chi connectivity index (χ3v) is 6.18. The van der Waals surface area contributed by atoms with E-state index >= 15 is 0 Å². The molecule has 0 bridgehead atoms. The summed E-state index contributed by atoms with van der Waals surface area (Å²) in [5.74, 6) is 0.506. The number of sulfonamides is 1. The molecule has 2 fully saturated rings. The molecule has 0 unspecified atom stereocenters. The molecule has 25 heavy (non-hydrogen) atoms. The summed E-state index contributed by atoms with van der Waals surface area (Å²) < 4.78 is 34.5. The van der Waals surface area contributed by atoms with Gasteiger partial charge >= 0.3 is 0 Å². The number of nitrogens with one attached hydrogen (secondary N) is 1. The van der Waals surface area contributed by atoms with Crippen molar-refractivity contribution < 1.29 is 17.9 Å². The Bertz CT molecular complexity index is 697. The first-order valence-electron chi connectivity index (χ1n) is 8.95. The van der Waals surface area contributed by atoms with Crippen molar-refractivity contribution in [2.45, 2.75) is 57.7 Å². The molecule has 1 amide bonds. The van der Waals surface area contributed by atoms with Gasteiger partial charge in [-0.05, 0) is 39.0 Å². The van der Waals surface area contributed by atoms with Crippen LogP contribution in [0.4, 0.5) is 5.82 Å². The number of hydrogen-bond acceptors (Lipinski definition) is 5. The Kier molecular flexibility index (Phi) is 5.75. The highest BCUT2D eigenvalue weighted by Gasteiger charge is 2.34. The van der Waals surface area contributed by atoms with E-state index in [4.69, 9.17) is 4.74 Å². The highest BCUT2D eigenvalue weighted by molar-refractivity contribution is 7.89. The topological polar surface area (TPSA) is 93.5 Å². The fourth-order valence-electron chi connectivity index (χ4n) is 3.44. The summed E-state index contributed by atoms with van der Waals surface area (Å²) in [6.45, 7) is 3.90. The summed E-state index contributed by atoms with van der Waals surface area (Å²) in [6.07, 6.45) is 5.32. The summed E-state index contributed by atoms with van der Waals surface area (Å²) in [4.78, 5) is 14.4. The Balaban J connectivity index is 1.62. The van der Waals surface area contributed by atoms with Crippen molar-refractivity contribution in [1.29, 1.82) is 0 Å². The van der Waals surface area contributed by atoms with Gasteiger partial charge in [0, 0.05) is 25.8 Å². The number of carbonyl (C=O) groups is 1. The number of aromatic nitrogens is 2.